The highest BCUT2D eigenvalue weighted by atomic mass is 16.5. The minimum absolute atomic E-state index is 0.216. The average molecular weight is 372 g/mol. The Bertz CT molecular complexity index is 754. The van der Waals surface area contributed by atoms with Gasteiger partial charge in [0.2, 0.25) is 5.89 Å². The van der Waals surface area contributed by atoms with Crippen molar-refractivity contribution in [3.63, 3.8) is 0 Å². The van der Waals surface area contributed by atoms with Crippen molar-refractivity contribution < 1.29 is 9.26 Å². The molecule has 0 aliphatic carbocycles. The maximum Gasteiger partial charge on any atom is 0.246 e. The second-order valence-corrected chi connectivity index (χ2v) is 6.54. The topological polar surface area (TPSA) is 87.8 Å². The van der Waals surface area contributed by atoms with Gasteiger partial charge in [-0.25, -0.2) is 0 Å². The number of aryl methyl sites for hydroxylation is 1. The molecule has 1 aliphatic heterocycles. The molecule has 2 aromatic rings. The van der Waals surface area contributed by atoms with Crippen molar-refractivity contribution in [1.82, 2.24) is 25.7 Å². The lowest BCUT2D eigenvalue weighted by atomic mass is 10.0. The lowest BCUT2D eigenvalue weighted by molar-refractivity contribution is 0.239. The number of benzene rings is 1. The fourth-order valence-electron chi connectivity index (χ4n) is 3.42. The van der Waals surface area contributed by atoms with E-state index in [-0.39, 0.29) is 6.04 Å². The first kappa shape index (κ1) is 19.2. The summed E-state index contributed by atoms with van der Waals surface area (Å²) in [4.78, 5) is 11.0. The summed E-state index contributed by atoms with van der Waals surface area (Å²) in [5.74, 6) is 2.78. The van der Waals surface area contributed by atoms with Crippen LogP contribution in [-0.4, -0.2) is 54.8 Å². The molecule has 0 amide bonds. The van der Waals surface area contributed by atoms with Crippen LogP contribution >= 0.6 is 0 Å². The number of aromatic nitrogens is 2. The Morgan fingerprint density at radius 3 is 2.74 bits per heavy atom. The Hall–Kier alpha value is -2.61. The zero-order valence-corrected chi connectivity index (χ0v) is 16.2. The first-order chi connectivity index (χ1) is 13.2. The van der Waals surface area contributed by atoms with E-state index >= 15 is 0 Å². The Labute approximate surface area is 160 Å². The van der Waals surface area contributed by atoms with E-state index in [1.807, 2.05) is 12.1 Å². The van der Waals surface area contributed by atoms with Crippen LogP contribution in [0.2, 0.25) is 0 Å². The van der Waals surface area contributed by atoms with Gasteiger partial charge >= 0.3 is 0 Å². The van der Waals surface area contributed by atoms with E-state index < -0.39 is 0 Å². The van der Waals surface area contributed by atoms with Crippen molar-refractivity contribution in [1.29, 1.82) is 0 Å². The Morgan fingerprint density at radius 1 is 1.30 bits per heavy atom. The van der Waals surface area contributed by atoms with Gasteiger partial charge in [0.05, 0.1) is 19.7 Å². The Morgan fingerprint density at radius 2 is 2.07 bits per heavy atom. The summed E-state index contributed by atoms with van der Waals surface area (Å²) in [6, 6.07) is 8.44. The molecule has 8 heteroatoms. The van der Waals surface area contributed by atoms with E-state index in [1.54, 1.807) is 21.1 Å². The summed E-state index contributed by atoms with van der Waals surface area (Å²) >= 11 is 0. The van der Waals surface area contributed by atoms with Crippen molar-refractivity contribution in [3.05, 3.63) is 41.5 Å². The van der Waals surface area contributed by atoms with Gasteiger partial charge < -0.3 is 19.9 Å². The number of ether oxygens (including phenoxy) is 1. The molecule has 1 atom stereocenters. The molecule has 1 fully saturated rings. The van der Waals surface area contributed by atoms with Gasteiger partial charge in [0.1, 0.15) is 5.75 Å². The quantitative estimate of drug-likeness (QED) is 0.567. The first-order valence-electron chi connectivity index (χ1n) is 9.32. The van der Waals surface area contributed by atoms with Crippen LogP contribution < -0.4 is 15.4 Å². The molecular formula is C19H28N6O2. The number of hydrogen-bond donors (Lipinski definition) is 2. The lowest BCUT2D eigenvalue weighted by Crippen LogP contribution is -2.42. The summed E-state index contributed by atoms with van der Waals surface area (Å²) < 4.78 is 10.7. The highest BCUT2D eigenvalue weighted by Crippen LogP contribution is 2.31. The molecule has 3 rings (SSSR count). The maximum atomic E-state index is 5.60. The van der Waals surface area contributed by atoms with Crippen LogP contribution in [0.3, 0.4) is 0 Å². The number of aliphatic imine (C=N–C) groups is 1. The normalized spacial score (nSPS) is 16.3. The van der Waals surface area contributed by atoms with Gasteiger partial charge in [0.15, 0.2) is 11.8 Å². The van der Waals surface area contributed by atoms with Crippen molar-refractivity contribution in [3.8, 4) is 5.75 Å². The number of rotatable bonds is 7. The molecule has 27 heavy (non-hydrogen) atoms. The molecule has 1 aromatic heterocycles. The fraction of sp³-hybridized carbons (Fsp3) is 0.526. The van der Waals surface area contributed by atoms with Gasteiger partial charge in [0.25, 0.3) is 0 Å². The molecule has 0 spiro atoms. The molecule has 0 saturated carbocycles. The highest BCUT2D eigenvalue weighted by molar-refractivity contribution is 5.79. The van der Waals surface area contributed by atoms with Gasteiger partial charge in [-0.2, -0.15) is 4.98 Å². The molecule has 2 N–H and O–H groups in total. The molecule has 0 bridgehead atoms. The SMILES string of the molecule is CN=C(NCc1nc(C)no1)NCC(c1ccccc1OC)N1CCCC1. The van der Waals surface area contributed by atoms with Gasteiger partial charge in [-0.1, -0.05) is 23.4 Å². The molecule has 8 nitrogen and oxygen atoms in total. The Balaban J connectivity index is 1.66. The third-order valence-corrected chi connectivity index (χ3v) is 4.74. The second kappa shape index (κ2) is 9.36. The van der Waals surface area contributed by atoms with E-state index in [4.69, 9.17) is 9.26 Å². The predicted octanol–water partition coefficient (Wildman–Crippen LogP) is 1.89. The van der Waals surface area contributed by atoms with Gasteiger partial charge in [0, 0.05) is 19.2 Å². The molecule has 146 valence electrons. The summed E-state index contributed by atoms with van der Waals surface area (Å²) in [6.07, 6.45) is 2.46. The van der Waals surface area contributed by atoms with E-state index in [0.717, 1.165) is 25.4 Å². The third kappa shape index (κ3) is 4.97. The average Bonchev–Trinajstić information content (AvgIpc) is 3.36. The first-order valence-corrected chi connectivity index (χ1v) is 9.32. The van der Waals surface area contributed by atoms with Crippen LogP contribution in [0.5, 0.6) is 5.75 Å². The van der Waals surface area contributed by atoms with Crippen LogP contribution in [0, 0.1) is 6.92 Å². The number of nitrogens with zero attached hydrogens (tertiary/aromatic N) is 4. The van der Waals surface area contributed by atoms with Crippen molar-refractivity contribution in [2.45, 2.75) is 32.4 Å². The fourth-order valence-corrected chi connectivity index (χ4v) is 3.42. The van der Waals surface area contributed by atoms with Crippen LogP contribution in [0.1, 0.15) is 36.2 Å². The van der Waals surface area contributed by atoms with Crippen LogP contribution in [0.25, 0.3) is 0 Å². The monoisotopic (exact) mass is 372 g/mol. The smallest absolute Gasteiger partial charge is 0.246 e. The van der Waals surface area contributed by atoms with Crippen molar-refractivity contribution >= 4 is 5.96 Å². The number of hydrogen-bond acceptors (Lipinski definition) is 6. The minimum Gasteiger partial charge on any atom is -0.496 e. The zero-order chi connectivity index (χ0) is 19.1. The molecule has 2 heterocycles. The van der Waals surface area contributed by atoms with Crippen molar-refractivity contribution in [2.24, 2.45) is 4.99 Å². The number of guanidine groups is 1. The molecule has 1 aliphatic rings. The van der Waals surface area contributed by atoms with Gasteiger partial charge in [-0.15, -0.1) is 0 Å². The van der Waals surface area contributed by atoms with E-state index in [1.165, 1.54) is 18.4 Å². The molecule has 0 radical (unpaired) electrons. The third-order valence-electron chi connectivity index (χ3n) is 4.74. The standard InChI is InChI=1S/C19H28N6O2/c1-14-23-18(27-24-14)13-22-19(20-2)21-12-16(25-10-6-7-11-25)15-8-4-5-9-17(15)26-3/h4-5,8-9,16H,6-7,10-13H2,1-3H3,(H2,20,21,22). The predicted molar refractivity (Wildman–Crippen MR) is 104 cm³/mol. The van der Waals surface area contributed by atoms with Gasteiger partial charge in [-0.05, 0) is 38.9 Å². The zero-order valence-electron chi connectivity index (χ0n) is 16.2. The van der Waals surface area contributed by atoms with E-state index in [0.29, 0.717) is 24.2 Å². The maximum absolute atomic E-state index is 5.60. The molecule has 1 unspecified atom stereocenters. The van der Waals surface area contributed by atoms with Crippen LogP contribution in [-0.2, 0) is 6.54 Å². The Kier molecular flexibility index (Phi) is 6.64. The summed E-state index contributed by atoms with van der Waals surface area (Å²) in [6.45, 7) is 5.15. The molecule has 1 saturated heterocycles. The van der Waals surface area contributed by atoms with Crippen molar-refractivity contribution in [2.75, 3.05) is 33.8 Å². The number of nitrogens with one attached hydrogen (secondary N) is 2. The summed E-state index contributed by atoms with van der Waals surface area (Å²) in [7, 11) is 3.47. The number of likely N-dealkylation sites (tertiary alicyclic amines) is 1. The van der Waals surface area contributed by atoms with Gasteiger partial charge in [-0.3, -0.25) is 9.89 Å². The van der Waals surface area contributed by atoms with Crippen LogP contribution in [0.4, 0.5) is 0 Å². The molecule has 1 aromatic carbocycles. The number of para-hydroxylation sites is 1. The largest absolute Gasteiger partial charge is 0.496 e. The number of methoxy groups -OCH3 is 1. The molecular weight excluding hydrogens is 344 g/mol. The lowest BCUT2D eigenvalue weighted by Gasteiger charge is -2.29. The van der Waals surface area contributed by atoms with E-state index in [9.17, 15) is 0 Å². The van der Waals surface area contributed by atoms with Crippen LogP contribution in [0.15, 0.2) is 33.8 Å². The second-order valence-electron chi connectivity index (χ2n) is 6.54. The summed E-state index contributed by atoms with van der Waals surface area (Å²) in [5.41, 5.74) is 1.19. The highest BCUT2D eigenvalue weighted by Gasteiger charge is 2.26. The van der Waals surface area contributed by atoms with E-state index in [2.05, 4.69) is 42.8 Å². The minimum atomic E-state index is 0.216. The summed E-state index contributed by atoms with van der Waals surface area (Å²) in [5, 5.41) is 10.4.